The molecule has 0 bridgehead atoms. The summed E-state index contributed by atoms with van der Waals surface area (Å²) in [7, 11) is 0. The summed E-state index contributed by atoms with van der Waals surface area (Å²) >= 11 is 0. The van der Waals surface area contributed by atoms with Crippen LogP contribution in [0.1, 0.15) is 0 Å². The van der Waals surface area contributed by atoms with Gasteiger partial charge in [0.2, 0.25) is 0 Å². The molecular formula is C52H31N3O2. The van der Waals surface area contributed by atoms with Gasteiger partial charge >= 0.3 is 0 Å². The Kier molecular flexibility index (Phi) is 6.86. The quantitative estimate of drug-likeness (QED) is 0.177. The van der Waals surface area contributed by atoms with Crippen LogP contribution in [-0.4, -0.2) is 14.5 Å². The van der Waals surface area contributed by atoms with E-state index in [0.29, 0.717) is 11.4 Å². The summed E-state index contributed by atoms with van der Waals surface area (Å²) in [5, 5.41) is 5.47. The Morgan fingerprint density at radius 1 is 0.404 bits per heavy atom. The number of hydrogen-bond donors (Lipinski definition) is 0. The van der Waals surface area contributed by atoms with Crippen LogP contribution in [0.4, 0.5) is 0 Å². The first-order valence-corrected chi connectivity index (χ1v) is 19.2. The summed E-state index contributed by atoms with van der Waals surface area (Å²) in [6.45, 7) is 0. The van der Waals surface area contributed by atoms with Crippen LogP contribution in [0.2, 0.25) is 0 Å². The predicted molar refractivity (Wildman–Crippen MR) is 233 cm³/mol. The van der Waals surface area contributed by atoms with E-state index < -0.39 is 0 Å². The van der Waals surface area contributed by atoms with E-state index in [1.807, 2.05) is 42.5 Å². The molecule has 0 amide bonds. The fourth-order valence-electron chi connectivity index (χ4n) is 8.69. The highest BCUT2D eigenvalue weighted by Crippen LogP contribution is 2.47. The van der Waals surface area contributed by atoms with Gasteiger partial charge in [-0.05, 0) is 59.7 Å². The highest BCUT2D eigenvalue weighted by atomic mass is 16.3. The second kappa shape index (κ2) is 12.4. The summed E-state index contributed by atoms with van der Waals surface area (Å²) in [4.78, 5) is 10.5. The molecule has 0 radical (unpaired) electrons. The number of nitrogens with zero attached hydrogens (tertiary/aromatic N) is 3. The number of aromatic nitrogens is 3. The van der Waals surface area contributed by atoms with Gasteiger partial charge in [-0.25, -0.2) is 9.97 Å². The second-order valence-corrected chi connectivity index (χ2v) is 14.5. The summed E-state index contributed by atoms with van der Waals surface area (Å²) in [6, 6.07) is 65.6. The Balaban J connectivity index is 1.27. The zero-order chi connectivity index (χ0) is 37.5. The van der Waals surface area contributed by atoms with E-state index in [9.17, 15) is 0 Å². The maximum absolute atomic E-state index is 6.68. The molecule has 5 nitrogen and oxygen atoms in total. The molecule has 57 heavy (non-hydrogen) atoms. The van der Waals surface area contributed by atoms with E-state index in [4.69, 9.17) is 18.8 Å². The minimum atomic E-state index is 0.646. The molecule has 0 aliphatic heterocycles. The maximum atomic E-state index is 6.68. The van der Waals surface area contributed by atoms with E-state index in [1.165, 1.54) is 10.8 Å². The largest absolute Gasteiger partial charge is 0.456 e. The van der Waals surface area contributed by atoms with Gasteiger partial charge in [-0.1, -0.05) is 140 Å². The Hall–Kier alpha value is -7.76. The number of fused-ring (bicyclic) bond motifs is 10. The van der Waals surface area contributed by atoms with Crippen LogP contribution in [0, 0.1) is 0 Å². The van der Waals surface area contributed by atoms with Crippen molar-refractivity contribution in [2.45, 2.75) is 0 Å². The Morgan fingerprint density at radius 2 is 0.965 bits per heavy atom. The molecule has 0 fully saturated rings. The number of para-hydroxylation sites is 3. The van der Waals surface area contributed by atoms with E-state index in [0.717, 1.165) is 94.2 Å². The molecule has 12 aromatic rings. The van der Waals surface area contributed by atoms with E-state index in [-0.39, 0.29) is 0 Å². The van der Waals surface area contributed by atoms with Crippen LogP contribution in [0.15, 0.2) is 197 Å². The lowest BCUT2D eigenvalue weighted by Gasteiger charge is -2.21. The van der Waals surface area contributed by atoms with Gasteiger partial charge in [-0.15, -0.1) is 0 Å². The molecule has 0 aliphatic rings. The molecular weight excluding hydrogens is 699 g/mol. The molecule has 4 heterocycles. The highest BCUT2D eigenvalue weighted by Gasteiger charge is 2.26. The predicted octanol–water partition coefficient (Wildman–Crippen LogP) is 14.0. The van der Waals surface area contributed by atoms with Gasteiger partial charge in [-0.3, -0.25) is 0 Å². The monoisotopic (exact) mass is 729 g/mol. The smallest absolute Gasteiger partial charge is 0.180 e. The van der Waals surface area contributed by atoms with Crippen molar-refractivity contribution in [2.75, 3.05) is 0 Å². The first-order valence-electron chi connectivity index (χ1n) is 19.2. The molecule has 0 aliphatic carbocycles. The van der Waals surface area contributed by atoms with Crippen LogP contribution in [0.25, 0.3) is 116 Å². The highest BCUT2D eigenvalue weighted by molar-refractivity contribution is 6.25. The lowest BCUT2D eigenvalue weighted by molar-refractivity contribution is 0.667. The molecule has 12 rings (SSSR count). The van der Waals surface area contributed by atoms with Gasteiger partial charge < -0.3 is 13.4 Å². The van der Waals surface area contributed by atoms with Crippen molar-refractivity contribution in [3.8, 4) is 50.6 Å². The van der Waals surface area contributed by atoms with Crippen LogP contribution in [0.5, 0.6) is 0 Å². The average molecular weight is 730 g/mol. The number of furan rings is 2. The molecule has 266 valence electrons. The number of rotatable bonds is 5. The van der Waals surface area contributed by atoms with Crippen LogP contribution in [-0.2, 0) is 0 Å². The van der Waals surface area contributed by atoms with Crippen LogP contribution >= 0.6 is 0 Å². The third kappa shape index (κ3) is 4.82. The standard InChI is InChI=1S/C52H31N3O2/c1-4-16-32(17-5-1)40-30-35(47-51-48(39-24-12-15-27-44(39)57-51)54-52(53-47)34-20-8-3-9-21-34)31-41(33-18-6-2-7-19-33)49(40)55-42-25-13-10-22-36(42)37-28-29-45-46(50(37)55)38-23-11-14-26-43(38)56-45/h1-31H. The van der Waals surface area contributed by atoms with Crippen molar-refractivity contribution in [3.63, 3.8) is 0 Å². The molecule has 0 atom stereocenters. The average Bonchev–Trinajstić information content (AvgIpc) is 3.96. The Morgan fingerprint density at radius 3 is 1.65 bits per heavy atom. The first-order chi connectivity index (χ1) is 28.3. The molecule has 4 aromatic heterocycles. The fraction of sp³-hybridized carbons (Fsp3) is 0. The first kappa shape index (κ1) is 31.6. The SMILES string of the molecule is c1ccc(-c2nc(-c3cc(-c4ccccc4)c(-n4c5ccccc5c5ccc6oc7ccccc7c6c54)c(-c4ccccc4)c3)c3oc4ccccc4c3n2)cc1. The summed E-state index contributed by atoms with van der Waals surface area (Å²) in [5.41, 5.74) is 14.1. The van der Waals surface area contributed by atoms with Crippen molar-refractivity contribution in [3.05, 3.63) is 188 Å². The van der Waals surface area contributed by atoms with Gasteiger partial charge in [0.05, 0.1) is 22.1 Å². The van der Waals surface area contributed by atoms with Gasteiger partial charge in [0.15, 0.2) is 11.4 Å². The lowest BCUT2D eigenvalue weighted by atomic mass is 9.91. The maximum Gasteiger partial charge on any atom is 0.180 e. The minimum Gasteiger partial charge on any atom is -0.456 e. The third-order valence-electron chi connectivity index (χ3n) is 11.2. The normalized spacial score (nSPS) is 11.9. The topological polar surface area (TPSA) is 57.0 Å². The van der Waals surface area contributed by atoms with Crippen molar-refractivity contribution in [1.29, 1.82) is 0 Å². The van der Waals surface area contributed by atoms with E-state index in [2.05, 4.69) is 150 Å². The lowest BCUT2D eigenvalue weighted by Crippen LogP contribution is -2.03. The van der Waals surface area contributed by atoms with E-state index in [1.54, 1.807) is 0 Å². The van der Waals surface area contributed by atoms with Crippen LogP contribution in [0.3, 0.4) is 0 Å². The number of hydrogen-bond acceptors (Lipinski definition) is 4. The minimum absolute atomic E-state index is 0.646. The van der Waals surface area contributed by atoms with Gasteiger partial charge in [0, 0.05) is 43.8 Å². The molecule has 0 saturated carbocycles. The summed E-state index contributed by atoms with van der Waals surface area (Å²) in [5.74, 6) is 0.646. The van der Waals surface area contributed by atoms with Gasteiger partial charge in [0.25, 0.3) is 0 Å². The zero-order valence-corrected chi connectivity index (χ0v) is 30.6. The molecule has 0 N–H and O–H groups in total. The Bertz CT molecular complexity index is 3450. The zero-order valence-electron chi connectivity index (χ0n) is 30.6. The number of benzene rings is 8. The third-order valence-corrected chi connectivity index (χ3v) is 11.2. The molecule has 5 heteroatoms. The summed E-state index contributed by atoms with van der Waals surface area (Å²) in [6.07, 6.45) is 0. The molecule has 0 unspecified atom stereocenters. The second-order valence-electron chi connectivity index (χ2n) is 14.5. The van der Waals surface area contributed by atoms with Gasteiger partial charge in [0.1, 0.15) is 28.0 Å². The molecule has 0 saturated heterocycles. The van der Waals surface area contributed by atoms with Crippen molar-refractivity contribution >= 4 is 65.8 Å². The van der Waals surface area contributed by atoms with Crippen molar-refractivity contribution in [2.24, 2.45) is 0 Å². The van der Waals surface area contributed by atoms with Crippen LogP contribution < -0.4 is 0 Å². The van der Waals surface area contributed by atoms with Crippen molar-refractivity contribution in [1.82, 2.24) is 14.5 Å². The summed E-state index contributed by atoms with van der Waals surface area (Å²) < 4.78 is 15.7. The Labute approximate surface area is 326 Å². The molecule has 8 aromatic carbocycles. The van der Waals surface area contributed by atoms with Crippen molar-refractivity contribution < 1.29 is 8.83 Å². The fourth-order valence-corrected chi connectivity index (χ4v) is 8.69. The van der Waals surface area contributed by atoms with Gasteiger partial charge in [-0.2, -0.15) is 0 Å². The van der Waals surface area contributed by atoms with E-state index >= 15 is 0 Å². The molecule has 0 spiro atoms.